The Hall–Kier alpha value is -0.610. The highest BCUT2D eigenvalue weighted by molar-refractivity contribution is 5.79. The van der Waals surface area contributed by atoms with Crippen molar-refractivity contribution >= 4 is 5.97 Å². The molecular weight excluding hydrogens is 266 g/mol. The Balaban J connectivity index is 1.78. The molecule has 4 nitrogen and oxygen atoms in total. The highest BCUT2D eigenvalue weighted by atomic mass is 16.5. The molecule has 2 rings (SSSR count). The lowest BCUT2D eigenvalue weighted by molar-refractivity contribution is -0.146. The molecule has 2 N–H and O–H groups in total. The van der Waals surface area contributed by atoms with E-state index >= 15 is 0 Å². The summed E-state index contributed by atoms with van der Waals surface area (Å²) in [7, 11) is 1.78. The Morgan fingerprint density at radius 1 is 1.33 bits per heavy atom. The number of nitrogens with one attached hydrogen (secondary N) is 1. The third kappa shape index (κ3) is 3.78. The number of hydrogen-bond donors (Lipinski definition) is 2. The van der Waals surface area contributed by atoms with Crippen molar-refractivity contribution in [2.75, 3.05) is 13.7 Å². The van der Waals surface area contributed by atoms with Crippen LogP contribution in [0.15, 0.2) is 0 Å². The van der Waals surface area contributed by atoms with E-state index in [4.69, 9.17) is 4.74 Å². The number of likely N-dealkylation sites (N-methyl/N-ethyl adjacent to an activating group) is 1. The van der Waals surface area contributed by atoms with Gasteiger partial charge in [0.2, 0.25) is 0 Å². The van der Waals surface area contributed by atoms with Crippen LogP contribution in [0.1, 0.15) is 64.7 Å². The largest absolute Gasteiger partial charge is 0.480 e. The molecule has 4 heteroatoms. The zero-order valence-electron chi connectivity index (χ0n) is 13.6. The molecule has 2 aliphatic rings. The van der Waals surface area contributed by atoms with Gasteiger partial charge in [0, 0.05) is 6.61 Å². The van der Waals surface area contributed by atoms with Gasteiger partial charge in [-0.15, -0.1) is 0 Å². The normalized spacial score (nSPS) is 36.8. The topological polar surface area (TPSA) is 58.6 Å². The number of carboxylic acid groups (broad SMARTS) is 1. The molecule has 2 aliphatic carbocycles. The van der Waals surface area contributed by atoms with Crippen molar-refractivity contribution < 1.29 is 14.6 Å². The monoisotopic (exact) mass is 297 g/mol. The van der Waals surface area contributed by atoms with Crippen LogP contribution in [0.2, 0.25) is 0 Å². The van der Waals surface area contributed by atoms with Gasteiger partial charge in [0.25, 0.3) is 0 Å². The summed E-state index contributed by atoms with van der Waals surface area (Å²) in [6.45, 7) is 2.97. The quantitative estimate of drug-likeness (QED) is 0.757. The zero-order valence-corrected chi connectivity index (χ0v) is 13.6. The maximum absolute atomic E-state index is 11.6. The molecule has 4 unspecified atom stereocenters. The summed E-state index contributed by atoms with van der Waals surface area (Å²) in [5, 5.41) is 12.6. The molecular formula is C17H31NO3. The van der Waals surface area contributed by atoms with E-state index in [9.17, 15) is 9.90 Å². The third-order valence-corrected chi connectivity index (χ3v) is 5.78. The average molecular weight is 297 g/mol. The molecule has 21 heavy (non-hydrogen) atoms. The number of hydrogen-bond acceptors (Lipinski definition) is 3. The van der Waals surface area contributed by atoms with Gasteiger partial charge in [0.05, 0.1) is 6.10 Å². The van der Waals surface area contributed by atoms with Crippen molar-refractivity contribution in [3.05, 3.63) is 0 Å². The predicted octanol–water partition coefficient (Wildman–Crippen LogP) is 3.20. The lowest BCUT2D eigenvalue weighted by Gasteiger charge is -2.32. The Morgan fingerprint density at radius 3 is 2.81 bits per heavy atom. The maximum atomic E-state index is 11.6. The van der Waals surface area contributed by atoms with E-state index in [0.29, 0.717) is 12.7 Å². The molecule has 4 atom stereocenters. The van der Waals surface area contributed by atoms with Gasteiger partial charge in [-0.3, -0.25) is 4.79 Å². The minimum absolute atomic E-state index is 0.200. The molecule has 0 amide bonds. The van der Waals surface area contributed by atoms with Crippen molar-refractivity contribution in [3.63, 3.8) is 0 Å². The second-order valence-electron chi connectivity index (χ2n) is 6.84. The number of carbonyl (C=O) groups is 1. The van der Waals surface area contributed by atoms with Gasteiger partial charge < -0.3 is 15.2 Å². The van der Waals surface area contributed by atoms with Crippen LogP contribution in [-0.4, -0.2) is 36.4 Å². The molecule has 122 valence electrons. The minimum atomic E-state index is -0.720. The fourth-order valence-corrected chi connectivity index (χ4v) is 4.33. The molecule has 2 saturated carbocycles. The first-order valence-electron chi connectivity index (χ1n) is 8.66. The lowest BCUT2D eigenvalue weighted by atomic mass is 9.84. The SMILES string of the molecule is CCC1CCCC(OCCC2CCCC2(NC)C(=O)O)C1. The van der Waals surface area contributed by atoms with Crippen molar-refractivity contribution in [1.82, 2.24) is 5.32 Å². The first kappa shape index (κ1) is 16.8. The van der Waals surface area contributed by atoms with Gasteiger partial charge in [-0.2, -0.15) is 0 Å². The molecule has 0 heterocycles. The second kappa shape index (κ2) is 7.59. The van der Waals surface area contributed by atoms with E-state index in [1.807, 2.05) is 0 Å². The number of ether oxygens (including phenoxy) is 1. The molecule has 0 aromatic heterocycles. The van der Waals surface area contributed by atoms with Crippen LogP contribution in [0.25, 0.3) is 0 Å². The third-order valence-electron chi connectivity index (χ3n) is 5.78. The summed E-state index contributed by atoms with van der Waals surface area (Å²) < 4.78 is 6.07. The minimum Gasteiger partial charge on any atom is -0.480 e. The van der Waals surface area contributed by atoms with Gasteiger partial charge >= 0.3 is 5.97 Å². The first-order chi connectivity index (χ1) is 10.1. The maximum Gasteiger partial charge on any atom is 0.324 e. The fraction of sp³-hybridized carbons (Fsp3) is 0.941. The zero-order chi connectivity index (χ0) is 15.3. The summed E-state index contributed by atoms with van der Waals surface area (Å²) in [6.07, 6.45) is 10.3. The summed E-state index contributed by atoms with van der Waals surface area (Å²) in [5.74, 6) is 0.326. The van der Waals surface area contributed by atoms with Gasteiger partial charge in [0.15, 0.2) is 0 Å². The van der Waals surface area contributed by atoms with E-state index in [-0.39, 0.29) is 5.92 Å². The Labute approximate surface area is 128 Å². The fourth-order valence-electron chi connectivity index (χ4n) is 4.33. The van der Waals surface area contributed by atoms with Crippen LogP contribution in [0.3, 0.4) is 0 Å². The predicted molar refractivity (Wildman–Crippen MR) is 83.4 cm³/mol. The van der Waals surface area contributed by atoms with Crippen LogP contribution in [0.4, 0.5) is 0 Å². The van der Waals surface area contributed by atoms with Gasteiger partial charge in [-0.1, -0.05) is 32.6 Å². The molecule has 0 bridgehead atoms. The summed E-state index contributed by atoms with van der Waals surface area (Å²) in [4.78, 5) is 11.6. The highest BCUT2D eigenvalue weighted by Crippen LogP contribution is 2.38. The van der Waals surface area contributed by atoms with E-state index in [0.717, 1.165) is 31.6 Å². The second-order valence-corrected chi connectivity index (χ2v) is 6.84. The molecule has 0 radical (unpaired) electrons. The molecule has 0 spiro atoms. The van der Waals surface area contributed by atoms with Gasteiger partial charge in [-0.05, 0) is 51.0 Å². The Morgan fingerprint density at radius 2 is 2.14 bits per heavy atom. The molecule has 0 aliphatic heterocycles. The molecule has 0 aromatic carbocycles. The van der Waals surface area contributed by atoms with E-state index in [1.165, 1.54) is 32.1 Å². The van der Waals surface area contributed by atoms with E-state index < -0.39 is 11.5 Å². The van der Waals surface area contributed by atoms with Crippen LogP contribution in [0, 0.1) is 11.8 Å². The Kier molecular flexibility index (Phi) is 6.06. The van der Waals surface area contributed by atoms with Crippen molar-refractivity contribution in [2.45, 2.75) is 76.4 Å². The molecule has 0 saturated heterocycles. The molecule has 2 fully saturated rings. The lowest BCUT2D eigenvalue weighted by Crippen LogP contribution is -2.53. The summed E-state index contributed by atoms with van der Waals surface area (Å²) in [6, 6.07) is 0. The average Bonchev–Trinajstić information content (AvgIpc) is 2.92. The smallest absolute Gasteiger partial charge is 0.324 e. The Bertz CT molecular complexity index is 347. The highest BCUT2D eigenvalue weighted by Gasteiger charge is 2.47. The number of aliphatic carboxylic acids is 1. The number of carboxylic acids is 1. The van der Waals surface area contributed by atoms with Crippen molar-refractivity contribution in [1.29, 1.82) is 0 Å². The van der Waals surface area contributed by atoms with Crippen LogP contribution >= 0.6 is 0 Å². The van der Waals surface area contributed by atoms with Gasteiger partial charge in [0.1, 0.15) is 5.54 Å². The standard InChI is InChI=1S/C17H31NO3/c1-3-13-6-4-8-15(12-13)21-11-9-14-7-5-10-17(14,18-2)16(19)20/h13-15,18H,3-12H2,1-2H3,(H,19,20). The van der Waals surface area contributed by atoms with Crippen LogP contribution in [0.5, 0.6) is 0 Å². The van der Waals surface area contributed by atoms with Crippen LogP contribution < -0.4 is 5.32 Å². The summed E-state index contributed by atoms with van der Waals surface area (Å²) >= 11 is 0. The van der Waals surface area contributed by atoms with Crippen molar-refractivity contribution in [3.8, 4) is 0 Å². The molecule has 0 aromatic rings. The number of rotatable bonds is 7. The van der Waals surface area contributed by atoms with E-state index in [2.05, 4.69) is 12.2 Å². The van der Waals surface area contributed by atoms with E-state index in [1.54, 1.807) is 7.05 Å². The van der Waals surface area contributed by atoms with Crippen molar-refractivity contribution in [2.24, 2.45) is 11.8 Å². The summed E-state index contributed by atoms with van der Waals surface area (Å²) in [5.41, 5.74) is -0.720. The van der Waals surface area contributed by atoms with Crippen LogP contribution in [-0.2, 0) is 9.53 Å². The van der Waals surface area contributed by atoms with Gasteiger partial charge in [-0.25, -0.2) is 0 Å². The first-order valence-corrected chi connectivity index (χ1v) is 8.66.